The predicted octanol–water partition coefficient (Wildman–Crippen LogP) is 4.05. The molecule has 0 saturated heterocycles. The summed E-state index contributed by atoms with van der Waals surface area (Å²) in [6.07, 6.45) is 1.07. The molecule has 2 aromatic heterocycles. The van der Waals surface area contributed by atoms with E-state index in [2.05, 4.69) is 34.7 Å². The topological polar surface area (TPSA) is 50.9 Å². The van der Waals surface area contributed by atoms with Crippen LogP contribution in [0, 0.1) is 0 Å². The summed E-state index contributed by atoms with van der Waals surface area (Å²) in [5, 5.41) is 6.61. The Kier molecular flexibility index (Phi) is 3.56. The Morgan fingerprint density at radius 3 is 2.95 bits per heavy atom. The first-order valence-corrected chi connectivity index (χ1v) is 7.59. The van der Waals surface area contributed by atoms with E-state index in [0.29, 0.717) is 0 Å². The SMILES string of the molecule is CCc1ccsc1CNc1ccc2cc(N)ccc2n1. The number of benzene rings is 1. The van der Waals surface area contributed by atoms with Gasteiger partial charge < -0.3 is 11.1 Å². The van der Waals surface area contributed by atoms with Crippen molar-refractivity contribution in [3.05, 3.63) is 52.2 Å². The molecule has 0 saturated carbocycles. The van der Waals surface area contributed by atoms with E-state index in [1.807, 2.05) is 24.3 Å². The monoisotopic (exact) mass is 283 g/mol. The second-order valence-electron chi connectivity index (χ2n) is 4.72. The number of nitrogens with two attached hydrogens (primary N) is 1. The minimum atomic E-state index is 0.770. The van der Waals surface area contributed by atoms with Gasteiger partial charge in [-0.2, -0.15) is 0 Å². The molecule has 0 unspecified atom stereocenters. The second kappa shape index (κ2) is 5.51. The molecule has 3 nitrogen and oxygen atoms in total. The van der Waals surface area contributed by atoms with Crippen LogP contribution >= 0.6 is 11.3 Å². The Labute approximate surface area is 122 Å². The maximum Gasteiger partial charge on any atom is 0.126 e. The molecular formula is C16H17N3S. The van der Waals surface area contributed by atoms with Crippen LogP contribution in [0.5, 0.6) is 0 Å². The summed E-state index contributed by atoms with van der Waals surface area (Å²) in [5.41, 5.74) is 8.92. The van der Waals surface area contributed by atoms with Crippen molar-refractivity contribution in [2.24, 2.45) is 0 Å². The van der Waals surface area contributed by atoms with Crippen molar-refractivity contribution in [3.8, 4) is 0 Å². The summed E-state index contributed by atoms with van der Waals surface area (Å²) in [5.74, 6) is 0.901. The van der Waals surface area contributed by atoms with Crippen molar-refractivity contribution in [2.75, 3.05) is 11.1 Å². The highest BCUT2D eigenvalue weighted by Crippen LogP contribution is 2.21. The molecule has 1 aromatic carbocycles. The van der Waals surface area contributed by atoms with E-state index in [4.69, 9.17) is 5.73 Å². The number of rotatable bonds is 4. The van der Waals surface area contributed by atoms with E-state index in [-0.39, 0.29) is 0 Å². The maximum atomic E-state index is 5.77. The molecule has 3 N–H and O–H groups in total. The van der Waals surface area contributed by atoms with Crippen LogP contribution in [0.25, 0.3) is 10.9 Å². The minimum Gasteiger partial charge on any atom is -0.399 e. The number of nitrogens with zero attached hydrogens (tertiary/aromatic N) is 1. The molecule has 0 radical (unpaired) electrons. The molecule has 2 heterocycles. The fraction of sp³-hybridized carbons (Fsp3) is 0.188. The first kappa shape index (κ1) is 12.9. The van der Waals surface area contributed by atoms with E-state index in [0.717, 1.165) is 35.4 Å². The molecule has 0 fully saturated rings. The first-order valence-electron chi connectivity index (χ1n) is 6.71. The lowest BCUT2D eigenvalue weighted by Gasteiger charge is -2.07. The highest BCUT2D eigenvalue weighted by molar-refractivity contribution is 7.10. The summed E-state index contributed by atoms with van der Waals surface area (Å²) in [6, 6.07) is 12.0. The quantitative estimate of drug-likeness (QED) is 0.710. The van der Waals surface area contributed by atoms with Crippen LogP contribution in [-0.2, 0) is 13.0 Å². The normalized spacial score (nSPS) is 10.8. The van der Waals surface area contributed by atoms with Gasteiger partial charge in [0.05, 0.1) is 12.1 Å². The molecule has 3 rings (SSSR count). The molecular weight excluding hydrogens is 266 g/mol. The van der Waals surface area contributed by atoms with E-state index < -0.39 is 0 Å². The molecule has 0 spiro atoms. The number of fused-ring (bicyclic) bond motifs is 1. The largest absolute Gasteiger partial charge is 0.399 e. The van der Waals surface area contributed by atoms with Crippen LogP contribution in [0.3, 0.4) is 0 Å². The van der Waals surface area contributed by atoms with Crippen LogP contribution in [0.15, 0.2) is 41.8 Å². The average Bonchev–Trinajstić information content (AvgIpc) is 2.92. The van der Waals surface area contributed by atoms with E-state index in [1.165, 1.54) is 10.4 Å². The number of hydrogen-bond acceptors (Lipinski definition) is 4. The Morgan fingerprint density at radius 2 is 2.10 bits per heavy atom. The van der Waals surface area contributed by atoms with Crippen molar-refractivity contribution in [1.29, 1.82) is 0 Å². The van der Waals surface area contributed by atoms with Crippen LogP contribution in [-0.4, -0.2) is 4.98 Å². The van der Waals surface area contributed by atoms with Gasteiger partial charge in [0.2, 0.25) is 0 Å². The van der Waals surface area contributed by atoms with Crippen LogP contribution in [0.1, 0.15) is 17.4 Å². The molecule has 0 aliphatic rings. The fourth-order valence-electron chi connectivity index (χ4n) is 2.25. The lowest BCUT2D eigenvalue weighted by Crippen LogP contribution is -2.01. The zero-order valence-corrected chi connectivity index (χ0v) is 12.2. The van der Waals surface area contributed by atoms with Crippen LogP contribution in [0.4, 0.5) is 11.5 Å². The zero-order chi connectivity index (χ0) is 13.9. The number of aryl methyl sites for hydroxylation is 1. The number of hydrogen-bond donors (Lipinski definition) is 2. The molecule has 0 amide bonds. The smallest absolute Gasteiger partial charge is 0.126 e. The highest BCUT2D eigenvalue weighted by Gasteiger charge is 2.03. The van der Waals surface area contributed by atoms with Crippen LogP contribution < -0.4 is 11.1 Å². The maximum absolute atomic E-state index is 5.77. The van der Waals surface area contributed by atoms with Crippen LogP contribution in [0.2, 0.25) is 0 Å². The number of aromatic nitrogens is 1. The summed E-state index contributed by atoms with van der Waals surface area (Å²) in [6.45, 7) is 3.01. The summed E-state index contributed by atoms with van der Waals surface area (Å²) >= 11 is 1.79. The second-order valence-corrected chi connectivity index (χ2v) is 5.73. The molecule has 4 heteroatoms. The molecule has 3 aromatic rings. The van der Waals surface area contributed by atoms with Gasteiger partial charge in [-0.25, -0.2) is 4.98 Å². The molecule has 20 heavy (non-hydrogen) atoms. The number of nitrogen functional groups attached to an aromatic ring is 1. The lowest BCUT2D eigenvalue weighted by molar-refractivity contribution is 1.07. The molecule has 0 aliphatic heterocycles. The minimum absolute atomic E-state index is 0.770. The molecule has 102 valence electrons. The van der Waals surface area contributed by atoms with Gasteiger partial charge in [-0.05, 0) is 53.8 Å². The summed E-state index contributed by atoms with van der Waals surface area (Å²) in [7, 11) is 0. The third-order valence-corrected chi connectivity index (χ3v) is 4.33. The van der Waals surface area contributed by atoms with Crippen molar-refractivity contribution < 1.29 is 0 Å². The lowest BCUT2D eigenvalue weighted by atomic mass is 10.2. The number of thiophene rings is 1. The van der Waals surface area contributed by atoms with Crippen molar-refractivity contribution >= 4 is 33.7 Å². The molecule has 0 bridgehead atoms. The fourth-order valence-corrected chi connectivity index (χ4v) is 3.17. The highest BCUT2D eigenvalue weighted by atomic mass is 32.1. The standard InChI is InChI=1S/C16H17N3S/c1-2-11-7-8-20-15(11)10-18-16-6-3-12-9-13(17)4-5-14(12)19-16/h3-9H,2,10,17H2,1H3,(H,18,19). The number of pyridine rings is 1. The summed E-state index contributed by atoms with van der Waals surface area (Å²) < 4.78 is 0. The van der Waals surface area contributed by atoms with E-state index >= 15 is 0 Å². The van der Waals surface area contributed by atoms with Crippen molar-refractivity contribution in [2.45, 2.75) is 19.9 Å². The summed E-state index contributed by atoms with van der Waals surface area (Å²) in [4.78, 5) is 5.99. The third kappa shape index (κ3) is 2.60. The number of anilines is 2. The Hall–Kier alpha value is -2.07. The molecule has 0 atom stereocenters. The average molecular weight is 283 g/mol. The van der Waals surface area contributed by atoms with Gasteiger partial charge in [-0.15, -0.1) is 11.3 Å². The van der Waals surface area contributed by atoms with E-state index in [9.17, 15) is 0 Å². The van der Waals surface area contributed by atoms with Crippen molar-refractivity contribution in [1.82, 2.24) is 4.98 Å². The van der Waals surface area contributed by atoms with Gasteiger partial charge in [0.25, 0.3) is 0 Å². The Bertz CT molecular complexity index is 733. The predicted molar refractivity (Wildman–Crippen MR) is 87.2 cm³/mol. The van der Waals surface area contributed by atoms with E-state index in [1.54, 1.807) is 11.3 Å². The molecule has 0 aliphatic carbocycles. The Balaban J connectivity index is 1.79. The number of nitrogens with one attached hydrogen (secondary N) is 1. The van der Waals surface area contributed by atoms with Gasteiger partial charge in [0.1, 0.15) is 5.82 Å². The zero-order valence-electron chi connectivity index (χ0n) is 11.4. The van der Waals surface area contributed by atoms with Gasteiger partial charge in [0, 0.05) is 16.0 Å². The van der Waals surface area contributed by atoms with Crippen molar-refractivity contribution in [3.63, 3.8) is 0 Å². The first-order chi connectivity index (χ1) is 9.76. The van der Waals surface area contributed by atoms with Gasteiger partial charge in [-0.1, -0.05) is 6.92 Å². The Morgan fingerprint density at radius 1 is 1.20 bits per heavy atom. The van der Waals surface area contributed by atoms with Gasteiger partial charge in [0.15, 0.2) is 0 Å². The van der Waals surface area contributed by atoms with Gasteiger partial charge >= 0.3 is 0 Å². The van der Waals surface area contributed by atoms with Gasteiger partial charge in [-0.3, -0.25) is 0 Å². The third-order valence-electron chi connectivity index (χ3n) is 3.36.